The number of amidine groups is 1. The number of hydrogen-bond donors (Lipinski definition) is 1. The van der Waals surface area contributed by atoms with Crippen LogP contribution in [0.1, 0.15) is 27.2 Å². The van der Waals surface area contributed by atoms with Crippen LogP contribution in [0.25, 0.3) is 0 Å². The van der Waals surface area contributed by atoms with Crippen LogP contribution in [-0.2, 0) is 19.0 Å². The van der Waals surface area contributed by atoms with Crippen molar-refractivity contribution >= 4 is 17.7 Å². The molecule has 1 aromatic carbocycles. The lowest BCUT2D eigenvalue weighted by Gasteiger charge is -2.36. The number of allylic oxidation sites excluding steroid dienone is 2. The molecule has 31 heavy (non-hydrogen) atoms. The van der Waals surface area contributed by atoms with E-state index in [2.05, 4.69) is 10.3 Å². The average molecular weight is 420 g/mol. The third-order valence-electron chi connectivity index (χ3n) is 5.14. The molecule has 3 atom stereocenters. The zero-order valence-electron chi connectivity index (χ0n) is 17.7. The van der Waals surface area contributed by atoms with E-state index < -0.39 is 17.5 Å². The van der Waals surface area contributed by atoms with Crippen molar-refractivity contribution < 1.29 is 19.0 Å². The highest BCUT2D eigenvalue weighted by atomic mass is 16.5. The van der Waals surface area contributed by atoms with Gasteiger partial charge in [-0.2, -0.15) is 15.5 Å². The number of aliphatic imine (C=N–C) groups is 1. The van der Waals surface area contributed by atoms with Crippen molar-refractivity contribution in [1.82, 2.24) is 5.32 Å². The van der Waals surface area contributed by atoms with Gasteiger partial charge in [0.05, 0.1) is 42.2 Å². The Hall–Kier alpha value is -3.62. The number of benzene rings is 1. The quantitative estimate of drug-likeness (QED) is 0.441. The van der Waals surface area contributed by atoms with Crippen LogP contribution in [0, 0.1) is 28.1 Å². The third-order valence-corrected chi connectivity index (χ3v) is 5.14. The molecule has 8 nitrogen and oxygen atoms in total. The minimum atomic E-state index is -1.31. The number of nitriles is 2. The minimum Gasteiger partial charge on any atom is -0.465 e. The number of carbonyl (C=O) groups is 1. The molecule has 160 valence electrons. The summed E-state index contributed by atoms with van der Waals surface area (Å²) in [5, 5.41) is 22.4. The normalized spacial score (nSPS) is 25.1. The maximum atomic E-state index is 13.2. The molecule has 0 bridgehead atoms. The van der Waals surface area contributed by atoms with Gasteiger partial charge in [0.1, 0.15) is 17.6 Å². The van der Waals surface area contributed by atoms with E-state index in [0.29, 0.717) is 18.0 Å². The van der Waals surface area contributed by atoms with Gasteiger partial charge in [-0.1, -0.05) is 18.2 Å². The SMILES string of the molecule is CCOC(=O)C12CC(C)OC1C(C#N)=C(C#N)C=C2NC(=Nc1ccccc1)OCC. The van der Waals surface area contributed by atoms with Gasteiger partial charge in [0.15, 0.2) is 0 Å². The summed E-state index contributed by atoms with van der Waals surface area (Å²) >= 11 is 0. The second-order valence-electron chi connectivity index (χ2n) is 7.14. The Balaban J connectivity index is 2.13. The molecule has 1 aromatic rings. The topological polar surface area (TPSA) is 117 Å². The standard InChI is InChI=1S/C23H24N4O4/c1-4-29-21(28)23-12-15(3)31-20(23)18(14-25)16(13-24)11-19(23)27-22(30-5-2)26-17-9-7-6-8-10-17/h6-11,15,20H,4-5,12H2,1-3H3,(H,26,27). The number of fused-ring (bicyclic) bond motifs is 1. The summed E-state index contributed by atoms with van der Waals surface area (Å²) in [7, 11) is 0. The fraction of sp³-hybridized carbons (Fsp3) is 0.391. The molecule has 1 heterocycles. The summed E-state index contributed by atoms with van der Waals surface area (Å²) < 4.78 is 17.0. The molecule has 3 rings (SSSR count). The van der Waals surface area contributed by atoms with E-state index in [0.717, 1.165) is 0 Å². The molecule has 1 aliphatic heterocycles. The molecule has 0 spiro atoms. The van der Waals surface area contributed by atoms with Crippen LogP contribution < -0.4 is 5.32 Å². The summed E-state index contributed by atoms with van der Waals surface area (Å²) in [6.45, 7) is 5.85. The first-order valence-electron chi connectivity index (χ1n) is 10.1. The van der Waals surface area contributed by atoms with Crippen LogP contribution in [0.4, 0.5) is 5.69 Å². The molecule has 3 unspecified atom stereocenters. The molecule has 2 aliphatic rings. The number of para-hydroxylation sites is 1. The van der Waals surface area contributed by atoms with Crippen LogP contribution in [-0.4, -0.2) is 37.4 Å². The second kappa shape index (κ2) is 9.46. The molecular formula is C23H24N4O4. The van der Waals surface area contributed by atoms with Gasteiger partial charge in [-0.3, -0.25) is 4.79 Å². The smallest absolute Gasteiger partial charge is 0.321 e. The molecule has 0 radical (unpaired) electrons. The van der Waals surface area contributed by atoms with Gasteiger partial charge in [0, 0.05) is 5.70 Å². The van der Waals surface area contributed by atoms with Crippen LogP contribution in [0.2, 0.25) is 0 Å². The lowest BCUT2D eigenvalue weighted by atomic mass is 9.70. The van der Waals surface area contributed by atoms with Crippen molar-refractivity contribution in [2.75, 3.05) is 13.2 Å². The third kappa shape index (κ3) is 4.16. The first-order chi connectivity index (χ1) is 15.0. The van der Waals surface area contributed by atoms with Gasteiger partial charge in [-0.25, -0.2) is 0 Å². The van der Waals surface area contributed by atoms with Crippen molar-refractivity contribution in [1.29, 1.82) is 10.5 Å². The second-order valence-corrected chi connectivity index (χ2v) is 7.14. The Bertz CT molecular complexity index is 1020. The molecule has 1 aliphatic carbocycles. The number of nitrogens with one attached hydrogen (secondary N) is 1. The van der Waals surface area contributed by atoms with E-state index in [-0.39, 0.29) is 36.3 Å². The lowest BCUT2D eigenvalue weighted by Crippen LogP contribution is -2.50. The molecule has 0 saturated carbocycles. The van der Waals surface area contributed by atoms with E-state index in [1.807, 2.05) is 56.3 Å². The predicted octanol–water partition coefficient (Wildman–Crippen LogP) is 3.27. The van der Waals surface area contributed by atoms with Gasteiger partial charge in [0.2, 0.25) is 0 Å². The van der Waals surface area contributed by atoms with Gasteiger partial charge >= 0.3 is 5.97 Å². The number of esters is 1. The molecule has 1 fully saturated rings. The summed E-state index contributed by atoms with van der Waals surface area (Å²) in [5.41, 5.74) is -0.0570. The van der Waals surface area contributed by atoms with Crippen molar-refractivity contribution in [3.05, 3.63) is 53.3 Å². The monoisotopic (exact) mass is 420 g/mol. The summed E-state index contributed by atoms with van der Waals surface area (Å²) in [4.78, 5) is 17.7. The molecule has 1 saturated heterocycles. The van der Waals surface area contributed by atoms with Gasteiger partial charge < -0.3 is 19.5 Å². The number of hydrogen-bond acceptors (Lipinski definition) is 7. The van der Waals surface area contributed by atoms with Gasteiger partial charge in [-0.05, 0) is 45.4 Å². The van der Waals surface area contributed by atoms with Crippen molar-refractivity contribution in [3.8, 4) is 12.1 Å². The Morgan fingerprint density at radius 3 is 2.55 bits per heavy atom. The Morgan fingerprint density at radius 1 is 1.23 bits per heavy atom. The summed E-state index contributed by atoms with van der Waals surface area (Å²) in [5.74, 6) is -0.525. The van der Waals surface area contributed by atoms with Gasteiger partial charge in [-0.15, -0.1) is 0 Å². The number of ether oxygens (including phenoxy) is 3. The Morgan fingerprint density at radius 2 is 1.94 bits per heavy atom. The van der Waals surface area contributed by atoms with Crippen molar-refractivity contribution in [2.24, 2.45) is 10.4 Å². The lowest BCUT2D eigenvalue weighted by molar-refractivity contribution is -0.155. The van der Waals surface area contributed by atoms with Crippen molar-refractivity contribution in [2.45, 2.75) is 39.4 Å². The first kappa shape index (κ1) is 22.1. The van der Waals surface area contributed by atoms with Crippen LogP contribution in [0.15, 0.2) is 58.2 Å². The molecule has 0 amide bonds. The highest BCUT2D eigenvalue weighted by molar-refractivity contribution is 5.88. The first-order valence-corrected chi connectivity index (χ1v) is 10.1. The predicted molar refractivity (Wildman–Crippen MR) is 113 cm³/mol. The van der Waals surface area contributed by atoms with Crippen molar-refractivity contribution in [3.63, 3.8) is 0 Å². The highest BCUT2D eigenvalue weighted by Gasteiger charge is 2.60. The number of carbonyl (C=O) groups excluding carboxylic acids is 1. The zero-order chi connectivity index (χ0) is 22.4. The highest BCUT2D eigenvalue weighted by Crippen LogP contribution is 2.50. The van der Waals surface area contributed by atoms with E-state index in [9.17, 15) is 15.3 Å². The fourth-order valence-corrected chi connectivity index (χ4v) is 3.90. The van der Waals surface area contributed by atoms with Crippen LogP contribution in [0.5, 0.6) is 0 Å². The summed E-state index contributed by atoms with van der Waals surface area (Å²) in [6, 6.07) is 13.4. The van der Waals surface area contributed by atoms with E-state index in [1.54, 1.807) is 6.92 Å². The molecule has 0 aromatic heterocycles. The Labute approximate surface area is 181 Å². The van der Waals surface area contributed by atoms with E-state index in [1.165, 1.54) is 6.08 Å². The zero-order valence-corrected chi connectivity index (χ0v) is 17.7. The molecule has 1 N–H and O–H groups in total. The van der Waals surface area contributed by atoms with Crippen LogP contribution in [0.3, 0.4) is 0 Å². The Kier molecular flexibility index (Phi) is 6.74. The number of nitrogens with zero attached hydrogens (tertiary/aromatic N) is 3. The minimum absolute atomic E-state index is 0.114. The average Bonchev–Trinajstić information content (AvgIpc) is 3.12. The van der Waals surface area contributed by atoms with Gasteiger partial charge in [0.25, 0.3) is 6.02 Å². The summed E-state index contributed by atoms with van der Waals surface area (Å²) in [6.07, 6.45) is 0.507. The largest absolute Gasteiger partial charge is 0.465 e. The maximum absolute atomic E-state index is 13.2. The maximum Gasteiger partial charge on any atom is 0.321 e. The van der Waals surface area contributed by atoms with E-state index >= 15 is 0 Å². The van der Waals surface area contributed by atoms with Crippen LogP contribution >= 0.6 is 0 Å². The fourth-order valence-electron chi connectivity index (χ4n) is 3.90. The number of rotatable bonds is 5. The van der Waals surface area contributed by atoms with E-state index in [4.69, 9.17) is 14.2 Å². The molecular weight excluding hydrogens is 396 g/mol. The molecule has 8 heteroatoms.